The van der Waals surface area contributed by atoms with E-state index in [9.17, 15) is 9.59 Å². The largest absolute Gasteiger partial charge is 0.497 e. The van der Waals surface area contributed by atoms with E-state index in [4.69, 9.17) is 9.47 Å². The van der Waals surface area contributed by atoms with E-state index in [1.54, 1.807) is 62.8 Å². The number of nitrogens with zero attached hydrogens (tertiary/aromatic N) is 2. The molecule has 2 heterocycles. The molecule has 3 rings (SSSR count). The molecule has 0 radical (unpaired) electrons. The molecule has 0 atom stereocenters. The van der Waals surface area contributed by atoms with E-state index in [2.05, 4.69) is 10.3 Å². The summed E-state index contributed by atoms with van der Waals surface area (Å²) in [5, 5.41) is 2.72. The number of rotatable bonds is 5. The van der Waals surface area contributed by atoms with Gasteiger partial charge >= 0.3 is 0 Å². The smallest absolute Gasteiger partial charge is 0.256 e. The number of hydrogen-bond acceptors (Lipinski definition) is 5. The predicted molar refractivity (Wildman–Crippen MR) is 96.9 cm³/mol. The standard InChI is InChI=1S/C19H17N3O4/c1-22-11-9-13(12-17(22)23)18(24)21-16-4-3-10-20-19(16)26-15-7-5-14(25-2)6-8-15/h3-12H,1-2H3,(H,21,24). The molecule has 0 aliphatic heterocycles. The van der Waals surface area contributed by atoms with Gasteiger partial charge in [0.15, 0.2) is 0 Å². The molecule has 0 aliphatic rings. The predicted octanol–water partition coefficient (Wildman–Crippen LogP) is 2.83. The molecule has 0 bridgehead atoms. The monoisotopic (exact) mass is 351 g/mol. The van der Waals surface area contributed by atoms with Crippen molar-refractivity contribution in [1.29, 1.82) is 0 Å². The fourth-order valence-corrected chi connectivity index (χ4v) is 2.21. The molecule has 0 aliphatic carbocycles. The van der Waals surface area contributed by atoms with Crippen molar-refractivity contribution in [2.24, 2.45) is 7.05 Å². The topological polar surface area (TPSA) is 82.4 Å². The number of benzene rings is 1. The third-order valence-electron chi connectivity index (χ3n) is 3.66. The van der Waals surface area contributed by atoms with E-state index < -0.39 is 5.91 Å². The molecule has 0 unspecified atom stereocenters. The lowest BCUT2D eigenvalue weighted by molar-refractivity contribution is 0.102. The lowest BCUT2D eigenvalue weighted by Crippen LogP contribution is -2.20. The molecule has 2 aromatic heterocycles. The number of carbonyl (C=O) groups is 1. The van der Waals surface area contributed by atoms with E-state index >= 15 is 0 Å². The van der Waals surface area contributed by atoms with Crippen molar-refractivity contribution in [3.8, 4) is 17.4 Å². The minimum atomic E-state index is -0.421. The number of anilines is 1. The van der Waals surface area contributed by atoms with Crippen LogP contribution in [0.15, 0.2) is 65.7 Å². The van der Waals surface area contributed by atoms with Crippen LogP contribution in [-0.4, -0.2) is 22.6 Å². The van der Waals surface area contributed by atoms with Gasteiger partial charge in [0.05, 0.1) is 7.11 Å². The summed E-state index contributed by atoms with van der Waals surface area (Å²) >= 11 is 0. The van der Waals surface area contributed by atoms with Gasteiger partial charge in [-0.3, -0.25) is 9.59 Å². The average molecular weight is 351 g/mol. The number of hydrogen-bond donors (Lipinski definition) is 1. The van der Waals surface area contributed by atoms with Crippen molar-refractivity contribution >= 4 is 11.6 Å². The molecule has 0 saturated carbocycles. The highest BCUT2D eigenvalue weighted by molar-refractivity contribution is 6.04. The normalized spacial score (nSPS) is 10.2. The molecule has 1 amide bonds. The Kier molecular flexibility index (Phi) is 4.98. The van der Waals surface area contributed by atoms with Crippen molar-refractivity contribution in [2.45, 2.75) is 0 Å². The van der Waals surface area contributed by atoms with E-state index in [1.807, 2.05) is 0 Å². The molecule has 132 valence electrons. The maximum absolute atomic E-state index is 12.4. The van der Waals surface area contributed by atoms with Gasteiger partial charge in [-0.1, -0.05) is 0 Å². The van der Waals surface area contributed by atoms with Gasteiger partial charge in [0.2, 0.25) is 5.88 Å². The number of pyridine rings is 2. The fourth-order valence-electron chi connectivity index (χ4n) is 2.21. The molecule has 7 nitrogen and oxygen atoms in total. The summed E-state index contributed by atoms with van der Waals surface area (Å²) in [6.45, 7) is 0. The first-order valence-corrected chi connectivity index (χ1v) is 7.82. The van der Waals surface area contributed by atoms with Gasteiger partial charge in [-0.25, -0.2) is 4.98 Å². The van der Waals surface area contributed by atoms with Crippen LogP contribution in [0.2, 0.25) is 0 Å². The molecule has 0 saturated heterocycles. The first-order valence-electron chi connectivity index (χ1n) is 7.82. The van der Waals surface area contributed by atoms with Crippen molar-refractivity contribution in [3.63, 3.8) is 0 Å². The van der Waals surface area contributed by atoms with Crippen molar-refractivity contribution in [2.75, 3.05) is 12.4 Å². The Morgan fingerprint density at radius 3 is 2.54 bits per heavy atom. The summed E-state index contributed by atoms with van der Waals surface area (Å²) in [6, 6.07) is 13.2. The Balaban J connectivity index is 1.80. The van der Waals surface area contributed by atoms with Gasteiger partial charge in [0, 0.05) is 31.1 Å². The quantitative estimate of drug-likeness (QED) is 0.764. The molecular weight excluding hydrogens is 334 g/mol. The maximum Gasteiger partial charge on any atom is 0.256 e. The van der Waals surface area contributed by atoms with Crippen LogP contribution in [0.5, 0.6) is 17.4 Å². The first kappa shape index (κ1) is 17.2. The Morgan fingerprint density at radius 1 is 1.12 bits per heavy atom. The van der Waals surface area contributed by atoms with Gasteiger partial charge < -0.3 is 19.4 Å². The van der Waals surface area contributed by atoms with Crippen LogP contribution in [0, 0.1) is 0 Å². The highest BCUT2D eigenvalue weighted by Crippen LogP contribution is 2.28. The molecule has 0 fully saturated rings. The zero-order chi connectivity index (χ0) is 18.5. The molecule has 26 heavy (non-hydrogen) atoms. The number of ether oxygens (including phenoxy) is 2. The molecule has 0 spiro atoms. The van der Waals surface area contributed by atoms with Gasteiger partial charge in [-0.05, 0) is 42.5 Å². The van der Waals surface area contributed by atoms with Gasteiger partial charge in [-0.15, -0.1) is 0 Å². The number of methoxy groups -OCH3 is 1. The lowest BCUT2D eigenvalue weighted by Gasteiger charge is -2.11. The molecular formula is C19H17N3O4. The van der Waals surface area contributed by atoms with Gasteiger partial charge in [0.1, 0.15) is 17.2 Å². The third-order valence-corrected chi connectivity index (χ3v) is 3.66. The van der Waals surface area contributed by atoms with E-state index in [0.29, 0.717) is 17.2 Å². The number of nitrogens with one attached hydrogen (secondary N) is 1. The SMILES string of the molecule is COc1ccc(Oc2ncccc2NC(=O)c2ccn(C)c(=O)c2)cc1. The summed E-state index contributed by atoms with van der Waals surface area (Å²) in [7, 11) is 3.20. The average Bonchev–Trinajstić information content (AvgIpc) is 2.66. The maximum atomic E-state index is 12.4. The van der Waals surface area contributed by atoms with Gasteiger partial charge in [0.25, 0.3) is 11.5 Å². The molecule has 3 aromatic rings. The number of aromatic nitrogens is 2. The second kappa shape index (κ2) is 7.52. The van der Waals surface area contributed by atoms with E-state index in [1.165, 1.54) is 16.8 Å². The van der Waals surface area contributed by atoms with Crippen molar-refractivity contribution in [1.82, 2.24) is 9.55 Å². The highest BCUT2D eigenvalue weighted by atomic mass is 16.5. The minimum absolute atomic E-state index is 0.245. The lowest BCUT2D eigenvalue weighted by atomic mass is 10.2. The Hall–Kier alpha value is -3.61. The molecule has 1 N–H and O–H groups in total. The van der Waals surface area contributed by atoms with Gasteiger partial charge in [-0.2, -0.15) is 0 Å². The summed E-state index contributed by atoms with van der Waals surface area (Å²) in [4.78, 5) is 28.3. The minimum Gasteiger partial charge on any atom is -0.497 e. The Bertz CT molecular complexity index is 981. The zero-order valence-corrected chi connectivity index (χ0v) is 14.3. The Labute approximate surface area is 149 Å². The second-order valence-corrected chi connectivity index (χ2v) is 5.45. The number of carbonyl (C=O) groups excluding carboxylic acids is 1. The highest BCUT2D eigenvalue weighted by Gasteiger charge is 2.12. The first-order chi connectivity index (χ1) is 12.6. The molecule has 7 heteroatoms. The van der Waals surface area contributed by atoms with Crippen LogP contribution >= 0.6 is 0 Å². The number of amides is 1. The van der Waals surface area contributed by atoms with Crippen LogP contribution in [0.1, 0.15) is 10.4 Å². The summed E-state index contributed by atoms with van der Waals surface area (Å²) in [5.74, 6) is 1.08. The summed E-state index contributed by atoms with van der Waals surface area (Å²) in [6.07, 6.45) is 3.10. The van der Waals surface area contributed by atoms with Crippen LogP contribution in [0.4, 0.5) is 5.69 Å². The van der Waals surface area contributed by atoms with Crippen LogP contribution in [0.3, 0.4) is 0 Å². The van der Waals surface area contributed by atoms with E-state index in [-0.39, 0.29) is 17.0 Å². The summed E-state index contributed by atoms with van der Waals surface area (Å²) < 4.78 is 12.2. The zero-order valence-electron chi connectivity index (χ0n) is 14.3. The summed E-state index contributed by atoms with van der Waals surface area (Å²) in [5.41, 5.74) is 0.389. The second-order valence-electron chi connectivity index (χ2n) is 5.45. The molecule has 1 aromatic carbocycles. The van der Waals surface area contributed by atoms with Crippen LogP contribution in [-0.2, 0) is 7.05 Å². The van der Waals surface area contributed by atoms with Crippen LogP contribution < -0.4 is 20.3 Å². The fraction of sp³-hybridized carbons (Fsp3) is 0.105. The third kappa shape index (κ3) is 3.89. The van der Waals surface area contributed by atoms with Crippen molar-refractivity contribution < 1.29 is 14.3 Å². The van der Waals surface area contributed by atoms with Crippen LogP contribution in [0.25, 0.3) is 0 Å². The van der Waals surface area contributed by atoms with E-state index in [0.717, 1.165) is 0 Å². The van der Waals surface area contributed by atoms with Crippen molar-refractivity contribution in [3.05, 3.63) is 76.8 Å². The number of aryl methyl sites for hydroxylation is 1. The Morgan fingerprint density at radius 2 is 1.85 bits per heavy atom.